The number of esters is 1. The third-order valence-electron chi connectivity index (χ3n) is 8.71. The van der Waals surface area contributed by atoms with Gasteiger partial charge >= 0.3 is 11.9 Å². The van der Waals surface area contributed by atoms with Gasteiger partial charge in [0, 0.05) is 101 Å². The lowest BCUT2D eigenvalue weighted by molar-refractivity contribution is -0.253. The van der Waals surface area contributed by atoms with Crippen LogP contribution in [0.25, 0.3) is 0 Å². The SMILES string of the molecule is [B]C([B])([B])C([B])([B])CC(=O)C[C@@H]1CO[C@@H](Oc2ccc(N)cc2C(=O)O)C(C)(CC(=O)CC([B])([B])C([B])([B])[B])[C@H]1OC(=O)CC([B])([B])C([B])([B])[B]. The number of hydrogen-bond donors (Lipinski definition) is 2. The number of carbonyl (C=O) groups excluding carboxylic acids is 3. The monoisotopic (exact) mass is 655 g/mol. The summed E-state index contributed by atoms with van der Waals surface area (Å²) < 4.78 is 17.9. The van der Waals surface area contributed by atoms with Crippen molar-refractivity contribution in [2.45, 2.75) is 82.4 Å². The number of ether oxygens (including phenoxy) is 3. The molecule has 1 heterocycles. The molecule has 0 aliphatic carbocycles. The van der Waals surface area contributed by atoms with Gasteiger partial charge in [0.2, 0.25) is 6.29 Å². The fourth-order valence-electron chi connectivity index (χ4n) is 5.23. The summed E-state index contributed by atoms with van der Waals surface area (Å²) in [7, 11) is 86.6. The summed E-state index contributed by atoms with van der Waals surface area (Å²) in [5.74, 6) is -5.42. The van der Waals surface area contributed by atoms with Crippen LogP contribution < -0.4 is 10.5 Å². The van der Waals surface area contributed by atoms with Crippen LogP contribution in [0.4, 0.5) is 5.69 Å². The van der Waals surface area contributed by atoms with E-state index in [9.17, 15) is 24.3 Å². The Morgan fingerprint density at radius 3 is 1.75 bits per heavy atom. The number of benzene rings is 1. The largest absolute Gasteiger partial charge is 0.478 e. The van der Waals surface area contributed by atoms with Gasteiger partial charge in [-0.05, 0) is 38.0 Å². The summed E-state index contributed by atoms with van der Waals surface area (Å²) in [5.41, 5.74) is 3.62. The van der Waals surface area contributed by atoms with Crippen LogP contribution in [0.5, 0.6) is 5.75 Å². The Balaban J connectivity index is 2.73. The van der Waals surface area contributed by atoms with Crippen LogP contribution in [-0.4, -0.2) is 165 Å². The molecular formula is C27H24B15NO8. The van der Waals surface area contributed by atoms with Gasteiger partial charge in [-0.25, -0.2) is 4.79 Å². The van der Waals surface area contributed by atoms with E-state index in [1.165, 1.54) is 19.1 Å². The van der Waals surface area contributed by atoms with Crippen molar-refractivity contribution < 1.29 is 38.5 Å². The zero-order valence-electron chi connectivity index (χ0n) is 28.2. The number of anilines is 1. The maximum absolute atomic E-state index is 13.7. The van der Waals surface area contributed by atoms with Gasteiger partial charge in [-0.3, -0.25) is 14.4 Å². The van der Waals surface area contributed by atoms with Crippen molar-refractivity contribution in [2.24, 2.45) is 11.3 Å². The van der Waals surface area contributed by atoms with Crippen molar-refractivity contribution in [3.8, 4) is 5.75 Å². The molecule has 1 aromatic carbocycles. The second kappa shape index (κ2) is 15.8. The lowest BCUT2D eigenvalue weighted by Crippen LogP contribution is -2.59. The first-order valence-electron chi connectivity index (χ1n) is 15.2. The standard InChI is InChI=1S/C27H24B15NO8/c1-21(6-14(45)8-23(30,31)26(37,38)39)18(51-17(46)9-24(32,33)27(40,41)42)11(4-13(44)7-22(28,29)25(34,35)36)10-49-20(21)50-16-3-2-12(43)5-15(16)19(47)48/h2-3,5,11,18,20H,4,6-10,43H2,1H3,(H,47,48)/t11-,18+,20+,21?/m1/s1. The molecular weight excluding hydrogens is 628 g/mol. The Hall–Kier alpha value is -1.97. The van der Waals surface area contributed by atoms with Crippen molar-refractivity contribution in [1.82, 2.24) is 0 Å². The summed E-state index contributed by atoms with van der Waals surface area (Å²) in [6, 6.07) is 3.69. The number of carboxylic acid groups (broad SMARTS) is 1. The van der Waals surface area contributed by atoms with Crippen molar-refractivity contribution >= 4 is 147 Å². The van der Waals surface area contributed by atoms with Gasteiger partial charge in [0.05, 0.1) is 59.1 Å². The molecule has 4 atom stereocenters. The van der Waals surface area contributed by atoms with Gasteiger partial charge in [-0.2, -0.15) is 0 Å². The second-order valence-electron chi connectivity index (χ2n) is 13.9. The molecule has 1 aliphatic rings. The molecule has 1 unspecified atom stereocenters. The minimum atomic E-state index is -2.29. The summed E-state index contributed by atoms with van der Waals surface area (Å²) in [4.78, 5) is 52.6. The van der Waals surface area contributed by atoms with Crippen LogP contribution in [0.2, 0.25) is 31.0 Å². The quantitative estimate of drug-likeness (QED) is 0.106. The van der Waals surface area contributed by atoms with Crippen LogP contribution >= 0.6 is 0 Å². The number of Topliss-reactive ketones (excluding diaryl/α,β-unsaturated/α-hetero) is 2. The van der Waals surface area contributed by atoms with Crippen molar-refractivity contribution in [2.75, 3.05) is 12.3 Å². The number of carboxylic acids is 1. The van der Waals surface area contributed by atoms with Gasteiger partial charge in [0.15, 0.2) is 0 Å². The number of ketones is 2. The maximum atomic E-state index is 13.7. The minimum Gasteiger partial charge on any atom is -0.478 e. The highest BCUT2D eigenvalue weighted by molar-refractivity contribution is 6.68. The molecule has 230 valence electrons. The van der Waals surface area contributed by atoms with Crippen LogP contribution in [-0.2, 0) is 23.9 Å². The Morgan fingerprint density at radius 1 is 0.804 bits per heavy atom. The van der Waals surface area contributed by atoms with E-state index in [1.54, 1.807) is 0 Å². The molecule has 9 nitrogen and oxygen atoms in total. The molecule has 0 amide bonds. The molecule has 2 rings (SSSR count). The normalized spacial score (nSPS) is 22.0. The van der Waals surface area contributed by atoms with E-state index in [1.807, 2.05) is 0 Å². The van der Waals surface area contributed by atoms with Gasteiger partial charge in [-0.15, -0.1) is 31.0 Å². The van der Waals surface area contributed by atoms with Crippen molar-refractivity contribution in [1.29, 1.82) is 0 Å². The van der Waals surface area contributed by atoms with E-state index in [2.05, 4.69) is 0 Å². The van der Waals surface area contributed by atoms with Crippen LogP contribution in [0.3, 0.4) is 0 Å². The molecule has 30 radical (unpaired) electrons. The highest BCUT2D eigenvalue weighted by Crippen LogP contribution is 2.49. The van der Waals surface area contributed by atoms with Crippen LogP contribution in [0.1, 0.15) is 49.4 Å². The van der Waals surface area contributed by atoms with Crippen molar-refractivity contribution in [3.63, 3.8) is 0 Å². The summed E-state index contributed by atoms with van der Waals surface area (Å²) in [6.45, 7) is 0.951. The Kier molecular flexibility index (Phi) is 14.0. The number of aromatic carboxylic acids is 1. The first kappa shape index (κ1) is 45.2. The average Bonchev–Trinajstić information content (AvgIpc) is 2.90. The lowest BCUT2D eigenvalue weighted by atomic mass is 9.22. The van der Waals surface area contributed by atoms with E-state index in [0.717, 1.165) is 6.07 Å². The Bertz CT molecular complexity index is 1480. The lowest BCUT2D eigenvalue weighted by Gasteiger charge is -2.50. The molecule has 0 saturated carbocycles. The predicted molar refractivity (Wildman–Crippen MR) is 205 cm³/mol. The molecule has 1 aliphatic heterocycles. The third kappa shape index (κ3) is 11.3. The molecule has 51 heavy (non-hydrogen) atoms. The molecule has 1 aromatic rings. The number of nitrogen functional groups attached to an aromatic ring is 1. The smallest absolute Gasteiger partial charge is 0.339 e. The van der Waals surface area contributed by atoms with E-state index < -0.39 is 122 Å². The van der Waals surface area contributed by atoms with Gasteiger partial charge in [0.25, 0.3) is 0 Å². The topological polar surface area (TPSA) is 142 Å². The fraction of sp³-hybridized carbons (Fsp3) is 0.630. The first-order valence-corrected chi connectivity index (χ1v) is 15.2. The zero-order chi connectivity index (χ0) is 39.8. The van der Waals surface area contributed by atoms with Crippen LogP contribution in [0.15, 0.2) is 18.2 Å². The molecule has 0 bridgehead atoms. The molecule has 0 spiro atoms. The highest BCUT2D eigenvalue weighted by atomic mass is 16.7. The zero-order valence-corrected chi connectivity index (χ0v) is 28.2. The number of nitrogens with two attached hydrogens (primary N) is 1. The molecule has 1 saturated heterocycles. The van der Waals surface area contributed by atoms with Crippen molar-refractivity contribution in [3.05, 3.63) is 23.8 Å². The minimum absolute atomic E-state index is 0.0823. The molecule has 0 aromatic heterocycles. The summed E-state index contributed by atoms with van der Waals surface area (Å²) >= 11 is 0. The van der Waals surface area contributed by atoms with Gasteiger partial charge in [0.1, 0.15) is 29.0 Å². The summed E-state index contributed by atoms with van der Waals surface area (Å²) in [6.07, 6.45) is -6.61. The number of hydrogen-bond acceptors (Lipinski definition) is 8. The van der Waals surface area contributed by atoms with E-state index in [0.29, 0.717) is 0 Å². The molecule has 24 heteroatoms. The average molecular weight is 653 g/mol. The predicted octanol–water partition coefficient (Wildman–Crippen LogP) is -2.58. The third-order valence-corrected chi connectivity index (χ3v) is 8.71. The number of carbonyl (C=O) groups is 4. The fourth-order valence-corrected chi connectivity index (χ4v) is 5.23. The first-order chi connectivity index (χ1) is 22.7. The molecule has 3 N–H and O–H groups in total. The van der Waals surface area contributed by atoms with E-state index in [4.69, 9.17) is 138 Å². The Morgan fingerprint density at radius 2 is 1.27 bits per heavy atom. The van der Waals surface area contributed by atoms with E-state index >= 15 is 0 Å². The Labute approximate surface area is 319 Å². The highest BCUT2D eigenvalue weighted by Gasteiger charge is 2.55. The van der Waals surface area contributed by atoms with Crippen LogP contribution in [0, 0.1) is 11.3 Å². The summed E-state index contributed by atoms with van der Waals surface area (Å²) in [5, 5.41) is -3.47. The maximum Gasteiger partial charge on any atom is 0.339 e. The second-order valence-corrected chi connectivity index (χ2v) is 13.9. The molecule has 1 fully saturated rings. The van der Waals surface area contributed by atoms with Gasteiger partial charge < -0.3 is 25.1 Å². The van der Waals surface area contributed by atoms with Gasteiger partial charge in [-0.1, -0.05) is 0 Å². The van der Waals surface area contributed by atoms with E-state index in [-0.39, 0.29) is 11.4 Å². The number of rotatable bonds is 17.